The molecule has 2 rings (SSSR count). The second-order valence-electron chi connectivity index (χ2n) is 5.01. The van der Waals surface area contributed by atoms with Gasteiger partial charge in [0.2, 0.25) is 0 Å². The number of esters is 1. The smallest absolute Gasteiger partial charge is 0.306 e. The third-order valence-corrected chi connectivity index (χ3v) is 3.45. The van der Waals surface area contributed by atoms with Crippen LogP contribution in [0.3, 0.4) is 0 Å². The lowest BCUT2D eigenvalue weighted by molar-refractivity contribution is -0.142. The number of anilines is 1. The number of aryl methyl sites for hydroxylation is 2. The molecule has 0 radical (unpaired) electrons. The fraction of sp³-hybridized carbons (Fsp3) is 0.400. The van der Waals surface area contributed by atoms with Crippen LogP contribution in [0.1, 0.15) is 24.5 Å². The van der Waals surface area contributed by atoms with Crippen LogP contribution in [0, 0.1) is 19.8 Å². The Morgan fingerprint density at radius 3 is 2.65 bits per heavy atom. The second kappa shape index (κ2) is 5.45. The molecule has 0 fully saturated rings. The van der Waals surface area contributed by atoms with E-state index < -0.39 is 11.9 Å². The van der Waals surface area contributed by atoms with Gasteiger partial charge < -0.3 is 4.74 Å². The van der Waals surface area contributed by atoms with Crippen molar-refractivity contribution in [2.45, 2.75) is 27.2 Å². The molecule has 5 nitrogen and oxygen atoms in total. The van der Waals surface area contributed by atoms with E-state index in [9.17, 15) is 9.59 Å². The molecule has 0 aromatic heterocycles. The Bertz CT molecular complexity index is 593. The van der Waals surface area contributed by atoms with E-state index in [0.29, 0.717) is 5.71 Å². The number of nitrogens with zero attached hydrogens (tertiary/aromatic N) is 2. The highest BCUT2D eigenvalue weighted by molar-refractivity contribution is 6.16. The Hall–Kier alpha value is -2.17. The second-order valence-corrected chi connectivity index (χ2v) is 5.01. The molecule has 0 saturated heterocycles. The van der Waals surface area contributed by atoms with Crippen LogP contribution in [-0.2, 0) is 14.3 Å². The largest absolute Gasteiger partial charge is 0.469 e. The molecule has 1 heterocycles. The minimum Gasteiger partial charge on any atom is -0.469 e. The topological polar surface area (TPSA) is 59.0 Å². The fourth-order valence-corrected chi connectivity index (χ4v) is 2.30. The molecule has 0 saturated carbocycles. The van der Waals surface area contributed by atoms with Crippen LogP contribution in [0.15, 0.2) is 23.3 Å². The summed E-state index contributed by atoms with van der Waals surface area (Å²) in [4.78, 5) is 23.8. The molecule has 1 unspecified atom stereocenters. The number of amides is 1. The average Bonchev–Trinajstić information content (AvgIpc) is 2.66. The van der Waals surface area contributed by atoms with Gasteiger partial charge in [-0.1, -0.05) is 17.7 Å². The van der Waals surface area contributed by atoms with Crippen molar-refractivity contribution in [1.29, 1.82) is 0 Å². The van der Waals surface area contributed by atoms with Crippen molar-refractivity contribution in [1.82, 2.24) is 0 Å². The molecular formula is C15H18N2O3. The molecule has 1 aliphatic rings. The highest BCUT2D eigenvalue weighted by atomic mass is 16.5. The number of hydrazone groups is 1. The highest BCUT2D eigenvalue weighted by Gasteiger charge is 2.36. The van der Waals surface area contributed by atoms with Crippen LogP contribution in [0.4, 0.5) is 5.69 Å². The summed E-state index contributed by atoms with van der Waals surface area (Å²) in [6.45, 7) is 5.69. The van der Waals surface area contributed by atoms with Crippen molar-refractivity contribution in [3.8, 4) is 0 Å². The first kappa shape index (κ1) is 14.2. The zero-order chi connectivity index (χ0) is 14.9. The van der Waals surface area contributed by atoms with Gasteiger partial charge in [-0.2, -0.15) is 10.1 Å². The van der Waals surface area contributed by atoms with Crippen LogP contribution >= 0.6 is 0 Å². The number of benzene rings is 1. The molecule has 1 aromatic carbocycles. The first-order valence-corrected chi connectivity index (χ1v) is 6.47. The van der Waals surface area contributed by atoms with Gasteiger partial charge in [0.05, 0.1) is 25.1 Å². The molecule has 1 aliphatic heterocycles. The average molecular weight is 274 g/mol. The van der Waals surface area contributed by atoms with Crippen molar-refractivity contribution in [2.24, 2.45) is 11.0 Å². The summed E-state index contributed by atoms with van der Waals surface area (Å²) in [5.41, 5.74) is 3.51. The van der Waals surface area contributed by atoms with Gasteiger partial charge >= 0.3 is 5.97 Å². The van der Waals surface area contributed by atoms with E-state index in [2.05, 4.69) is 9.84 Å². The summed E-state index contributed by atoms with van der Waals surface area (Å²) in [7, 11) is 1.32. The van der Waals surface area contributed by atoms with Crippen LogP contribution in [0.25, 0.3) is 0 Å². The lowest BCUT2D eigenvalue weighted by Crippen LogP contribution is -2.29. The fourth-order valence-electron chi connectivity index (χ4n) is 2.30. The number of hydrogen-bond acceptors (Lipinski definition) is 4. The van der Waals surface area contributed by atoms with E-state index in [-0.39, 0.29) is 12.3 Å². The Morgan fingerprint density at radius 2 is 2.05 bits per heavy atom. The SMILES string of the molecule is COC(=O)CC1C(=O)N(c2ccc(C)cc2C)N=C1C. The van der Waals surface area contributed by atoms with Gasteiger partial charge in [-0.05, 0) is 32.4 Å². The van der Waals surface area contributed by atoms with Crippen molar-refractivity contribution >= 4 is 23.3 Å². The number of ether oxygens (including phenoxy) is 1. The van der Waals surface area contributed by atoms with Crippen LogP contribution in [0.2, 0.25) is 0 Å². The number of carbonyl (C=O) groups excluding carboxylic acids is 2. The van der Waals surface area contributed by atoms with Gasteiger partial charge in [-0.25, -0.2) is 0 Å². The van der Waals surface area contributed by atoms with Gasteiger partial charge in [0.25, 0.3) is 5.91 Å². The van der Waals surface area contributed by atoms with Crippen LogP contribution in [0.5, 0.6) is 0 Å². The normalized spacial score (nSPS) is 18.2. The van der Waals surface area contributed by atoms with Crippen LogP contribution in [-0.4, -0.2) is 24.7 Å². The Kier molecular flexibility index (Phi) is 3.88. The van der Waals surface area contributed by atoms with Gasteiger partial charge in [-0.3, -0.25) is 9.59 Å². The number of hydrogen-bond donors (Lipinski definition) is 0. The molecule has 0 bridgehead atoms. The standard InChI is InChI=1S/C15H18N2O3/c1-9-5-6-13(10(2)7-9)17-15(19)12(11(3)16-17)8-14(18)20-4/h5-7,12H,8H2,1-4H3. The number of carbonyl (C=O) groups is 2. The molecule has 1 amide bonds. The third kappa shape index (κ3) is 2.57. The molecule has 106 valence electrons. The summed E-state index contributed by atoms with van der Waals surface area (Å²) in [6.07, 6.45) is 0.0338. The summed E-state index contributed by atoms with van der Waals surface area (Å²) < 4.78 is 4.62. The predicted molar refractivity (Wildman–Crippen MR) is 76.6 cm³/mol. The molecular weight excluding hydrogens is 256 g/mol. The molecule has 1 aromatic rings. The summed E-state index contributed by atoms with van der Waals surface area (Å²) in [5, 5.41) is 5.68. The minimum absolute atomic E-state index is 0.0338. The van der Waals surface area contributed by atoms with Crippen molar-refractivity contribution in [2.75, 3.05) is 12.1 Å². The predicted octanol–water partition coefficient (Wildman–Crippen LogP) is 2.21. The number of methoxy groups -OCH3 is 1. The van der Waals surface area contributed by atoms with E-state index >= 15 is 0 Å². The quantitative estimate of drug-likeness (QED) is 0.794. The van der Waals surface area contributed by atoms with Crippen LogP contribution < -0.4 is 5.01 Å². The molecule has 1 atom stereocenters. The van der Waals surface area contributed by atoms with Crippen molar-refractivity contribution < 1.29 is 14.3 Å². The third-order valence-electron chi connectivity index (χ3n) is 3.45. The Morgan fingerprint density at radius 1 is 1.35 bits per heavy atom. The summed E-state index contributed by atoms with van der Waals surface area (Å²) in [5.74, 6) is -1.11. The summed E-state index contributed by atoms with van der Waals surface area (Å²) >= 11 is 0. The first-order valence-electron chi connectivity index (χ1n) is 6.47. The monoisotopic (exact) mass is 274 g/mol. The molecule has 0 spiro atoms. The summed E-state index contributed by atoms with van der Waals surface area (Å²) in [6, 6.07) is 5.81. The Balaban J connectivity index is 2.28. The maximum absolute atomic E-state index is 12.4. The molecule has 5 heteroatoms. The van der Waals surface area contributed by atoms with Gasteiger partial charge in [0.1, 0.15) is 0 Å². The van der Waals surface area contributed by atoms with E-state index in [0.717, 1.165) is 16.8 Å². The maximum Gasteiger partial charge on any atom is 0.306 e. The lowest BCUT2D eigenvalue weighted by atomic mass is 10.0. The van der Waals surface area contributed by atoms with Crippen molar-refractivity contribution in [3.63, 3.8) is 0 Å². The van der Waals surface area contributed by atoms with E-state index in [1.807, 2.05) is 32.0 Å². The minimum atomic E-state index is -0.525. The zero-order valence-corrected chi connectivity index (χ0v) is 12.1. The highest BCUT2D eigenvalue weighted by Crippen LogP contribution is 2.28. The lowest BCUT2D eigenvalue weighted by Gasteiger charge is -2.16. The first-order chi connectivity index (χ1) is 9.43. The van der Waals surface area contributed by atoms with Gasteiger partial charge in [0.15, 0.2) is 0 Å². The molecule has 20 heavy (non-hydrogen) atoms. The molecule has 0 N–H and O–H groups in total. The van der Waals surface area contributed by atoms with Crippen molar-refractivity contribution in [3.05, 3.63) is 29.3 Å². The maximum atomic E-state index is 12.4. The number of rotatable bonds is 3. The van der Waals surface area contributed by atoms with E-state index in [4.69, 9.17) is 0 Å². The molecule has 0 aliphatic carbocycles. The van der Waals surface area contributed by atoms with Gasteiger partial charge in [0, 0.05) is 5.71 Å². The van der Waals surface area contributed by atoms with Gasteiger partial charge in [-0.15, -0.1) is 0 Å². The van der Waals surface area contributed by atoms with E-state index in [1.54, 1.807) is 6.92 Å². The van der Waals surface area contributed by atoms with E-state index in [1.165, 1.54) is 12.1 Å². The zero-order valence-electron chi connectivity index (χ0n) is 12.1. The Labute approximate surface area is 118 Å².